The zero-order chi connectivity index (χ0) is 7.44. The Morgan fingerprint density at radius 1 is 1.67 bits per heavy atom. The van der Waals surface area contributed by atoms with Gasteiger partial charge in [-0.15, -0.1) is 0 Å². The van der Waals surface area contributed by atoms with Crippen molar-refractivity contribution in [1.82, 2.24) is 5.01 Å². The molecule has 0 aromatic heterocycles. The fourth-order valence-corrected chi connectivity index (χ4v) is 0.498. The molecule has 0 aliphatic rings. The van der Waals surface area contributed by atoms with E-state index in [1.807, 2.05) is 19.9 Å². The highest BCUT2D eigenvalue weighted by atomic mass is 15.4. The summed E-state index contributed by atoms with van der Waals surface area (Å²) in [5.74, 6) is 5.39. The third kappa shape index (κ3) is 4.00. The topological polar surface area (TPSA) is 55.3 Å². The van der Waals surface area contributed by atoms with E-state index in [4.69, 9.17) is 11.6 Å². The molecule has 0 radical (unpaired) electrons. The zero-order valence-corrected chi connectivity index (χ0v) is 6.26. The standard InChI is InChI=1S/C6H15N3/c1-5(7)4-6(2)9(3)8/h4-5H,7-8H2,1-3H3. The van der Waals surface area contributed by atoms with Gasteiger partial charge in [-0.05, 0) is 19.9 Å². The first-order chi connectivity index (χ1) is 4.04. The Hall–Kier alpha value is -0.540. The van der Waals surface area contributed by atoms with Gasteiger partial charge in [0.2, 0.25) is 0 Å². The Kier molecular flexibility index (Phi) is 3.27. The number of rotatable bonds is 2. The molecule has 3 nitrogen and oxygen atoms in total. The molecular weight excluding hydrogens is 114 g/mol. The van der Waals surface area contributed by atoms with Crippen LogP contribution in [-0.4, -0.2) is 18.1 Å². The molecule has 0 saturated heterocycles. The minimum Gasteiger partial charge on any atom is -0.325 e. The van der Waals surface area contributed by atoms with Gasteiger partial charge in [0.05, 0.1) is 0 Å². The lowest BCUT2D eigenvalue weighted by Crippen LogP contribution is -2.25. The SMILES string of the molecule is CC(=CC(C)N)N(C)N. The van der Waals surface area contributed by atoms with E-state index in [2.05, 4.69) is 0 Å². The highest BCUT2D eigenvalue weighted by Crippen LogP contribution is 1.93. The second kappa shape index (κ2) is 3.48. The van der Waals surface area contributed by atoms with Gasteiger partial charge in [-0.1, -0.05) is 0 Å². The summed E-state index contributed by atoms with van der Waals surface area (Å²) >= 11 is 0. The monoisotopic (exact) mass is 129 g/mol. The van der Waals surface area contributed by atoms with Crippen LogP contribution < -0.4 is 11.6 Å². The molecule has 9 heavy (non-hydrogen) atoms. The third-order valence-corrected chi connectivity index (χ3v) is 1.06. The van der Waals surface area contributed by atoms with Crippen LogP contribution in [0.4, 0.5) is 0 Å². The van der Waals surface area contributed by atoms with E-state index in [-0.39, 0.29) is 6.04 Å². The first-order valence-electron chi connectivity index (χ1n) is 2.96. The summed E-state index contributed by atoms with van der Waals surface area (Å²) < 4.78 is 0. The summed E-state index contributed by atoms with van der Waals surface area (Å²) in [5.41, 5.74) is 6.46. The predicted octanol–water partition coefficient (Wildman–Crippen LogP) is 0.0429. The van der Waals surface area contributed by atoms with Crippen LogP contribution in [0.5, 0.6) is 0 Å². The zero-order valence-electron chi connectivity index (χ0n) is 6.26. The number of nitrogens with two attached hydrogens (primary N) is 2. The lowest BCUT2D eigenvalue weighted by atomic mass is 10.3. The highest BCUT2D eigenvalue weighted by Gasteiger charge is 1.92. The number of hydrogen-bond acceptors (Lipinski definition) is 3. The fourth-order valence-electron chi connectivity index (χ4n) is 0.498. The summed E-state index contributed by atoms with van der Waals surface area (Å²) in [7, 11) is 1.79. The smallest absolute Gasteiger partial charge is 0.0232 e. The molecule has 1 atom stereocenters. The second-order valence-corrected chi connectivity index (χ2v) is 2.28. The Morgan fingerprint density at radius 3 is 2.22 bits per heavy atom. The van der Waals surface area contributed by atoms with E-state index >= 15 is 0 Å². The number of hydrogen-bond donors (Lipinski definition) is 2. The number of allylic oxidation sites excluding steroid dienone is 1. The predicted molar refractivity (Wildman–Crippen MR) is 39.4 cm³/mol. The van der Waals surface area contributed by atoms with E-state index in [0.29, 0.717) is 0 Å². The molecule has 0 amide bonds. The summed E-state index contributed by atoms with van der Waals surface area (Å²) in [6, 6.07) is 0.0796. The molecule has 0 heterocycles. The largest absolute Gasteiger partial charge is 0.325 e. The van der Waals surface area contributed by atoms with Gasteiger partial charge in [-0.2, -0.15) is 0 Å². The van der Waals surface area contributed by atoms with Crippen molar-refractivity contribution < 1.29 is 0 Å². The quantitative estimate of drug-likeness (QED) is 0.409. The van der Waals surface area contributed by atoms with Crippen LogP contribution in [0.1, 0.15) is 13.8 Å². The Labute approximate surface area is 56.3 Å². The van der Waals surface area contributed by atoms with Crippen molar-refractivity contribution in [2.75, 3.05) is 7.05 Å². The number of hydrazine groups is 1. The summed E-state index contributed by atoms with van der Waals surface area (Å²) in [4.78, 5) is 0. The molecule has 4 N–H and O–H groups in total. The molecule has 3 heteroatoms. The second-order valence-electron chi connectivity index (χ2n) is 2.28. The van der Waals surface area contributed by atoms with Crippen LogP contribution in [0, 0.1) is 0 Å². The van der Waals surface area contributed by atoms with Crippen LogP contribution >= 0.6 is 0 Å². The highest BCUT2D eigenvalue weighted by molar-refractivity contribution is 4.98. The normalized spacial score (nSPS) is 15.4. The molecule has 0 spiro atoms. The molecule has 0 bridgehead atoms. The molecule has 0 aromatic carbocycles. The number of nitrogens with zero attached hydrogens (tertiary/aromatic N) is 1. The fraction of sp³-hybridized carbons (Fsp3) is 0.667. The van der Waals surface area contributed by atoms with E-state index in [0.717, 1.165) is 5.70 Å². The third-order valence-electron chi connectivity index (χ3n) is 1.06. The van der Waals surface area contributed by atoms with E-state index in [1.54, 1.807) is 12.1 Å². The van der Waals surface area contributed by atoms with Gasteiger partial charge in [0.25, 0.3) is 0 Å². The van der Waals surface area contributed by atoms with Crippen molar-refractivity contribution in [3.63, 3.8) is 0 Å². The summed E-state index contributed by atoms with van der Waals surface area (Å²) in [5, 5.41) is 1.54. The molecule has 0 aromatic rings. The average Bonchev–Trinajstić information content (AvgIpc) is 1.63. The minimum atomic E-state index is 0.0796. The van der Waals surface area contributed by atoms with Gasteiger partial charge in [-0.25, -0.2) is 5.84 Å². The van der Waals surface area contributed by atoms with Crippen LogP contribution in [0.15, 0.2) is 11.8 Å². The van der Waals surface area contributed by atoms with Crippen LogP contribution in [0.2, 0.25) is 0 Å². The van der Waals surface area contributed by atoms with Crippen molar-refractivity contribution in [2.24, 2.45) is 11.6 Å². The Bertz CT molecular complexity index is 105. The lowest BCUT2D eigenvalue weighted by Gasteiger charge is -2.12. The van der Waals surface area contributed by atoms with Crippen LogP contribution in [0.25, 0.3) is 0 Å². The first kappa shape index (κ1) is 8.46. The molecule has 0 rings (SSSR count). The maximum absolute atomic E-state index is 5.47. The van der Waals surface area contributed by atoms with E-state index in [1.165, 1.54) is 0 Å². The molecule has 0 aliphatic carbocycles. The van der Waals surface area contributed by atoms with Crippen LogP contribution in [0.3, 0.4) is 0 Å². The molecule has 1 unspecified atom stereocenters. The van der Waals surface area contributed by atoms with Crippen LogP contribution in [-0.2, 0) is 0 Å². The summed E-state index contributed by atoms with van der Waals surface area (Å²) in [6.07, 6.45) is 1.90. The maximum Gasteiger partial charge on any atom is 0.0232 e. The van der Waals surface area contributed by atoms with Gasteiger partial charge in [0.15, 0.2) is 0 Å². The van der Waals surface area contributed by atoms with Crippen molar-refractivity contribution in [3.8, 4) is 0 Å². The van der Waals surface area contributed by atoms with E-state index < -0.39 is 0 Å². The van der Waals surface area contributed by atoms with Gasteiger partial charge in [-0.3, -0.25) is 0 Å². The maximum atomic E-state index is 5.47. The van der Waals surface area contributed by atoms with E-state index in [9.17, 15) is 0 Å². The summed E-state index contributed by atoms with van der Waals surface area (Å²) in [6.45, 7) is 3.83. The molecule has 0 aliphatic heterocycles. The molecule has 0 fully saturated rings. The van der Waals surface area contributed by atoms with Crippen molar-refractivity contribution in [3.05, 3.63) is 11.8 Å². The minimum absolute atomic E-state index is 0.0796. The van der Waals surface area contributed by atoms with Crippen molar-refractivity contribution in [2.45, 2.75) is 19.9 Å². The molecule has 0 saturated carbocycles. The molecule has 54 valence electrons. The van der Waals surface area contributed by atoms with Crippen molar-refractivity contribution >= 4 is 0 Å². The van der Waals surface area contributed by atoms with Gasteiger partial charge >= 0.3 is 0 Å². The Balaban J connectivity index is 3.84. The molecular formula is C6H15N3. The first-order valence-corrected chi connectivity index (χ1v) is 2.96. The van der Waals surface area contributed by atoms with Gasteiger partial charge in [0, 0.05) is 18.8 Å². The van der Waals surface area contributed by atoms with Crippen molar-refractivity contribution in [1.29, 1.82) is 0 Å². The lowest BCUT2D eigenvalue weighted by molar-refractivity contribution is 0.438. The van der Waals surface area contributed by atoms with Gasteiger partial charge in [0.1, 0.15) is 0 Å². The average molecular weight is 129 g/mol. The Morgan fingerprint density at radius 2 is 2.11 bits per heavy atom. The van der Waals surface area contributed by atoms with Gasteiger partial charge < -0.3 is 10.7 Å².